The molecule has 1 heterocycles. The summed E-state index contributed by atoms with van der Waals surface area (Å²) in [6.07, 6.45) is 2.96. The fourth-order valence-corrected chi connectivity index (χ4v) is 2.79. The number of halogens is 1. The molecule has 23 heavy (non-hydrogen) atoms. The quantitative estimate of drug-likeness (QED) is 0.411. The zero-order valence-corrected chi connectivity index (χ0v) is 16.3. The van der Waals surface area contributed by atoms with Crippen molar-refractivity contribution in [1.29, 1.82) is 0 Å². The van der Waals surface area contributed by atoms with Crippen LogP contribution in [0, 0.1) is 0 Å². The highest BCUT2D eigenvalue weighted by Crippen LogP contribution is 2.36. The highest BCUT2D eigenvalue weighted by Gasteiger charge is 2.34. The number of hydrogen-bond donors (Lipinski definition) is 2. The standard InChI is InChI=1S/C17H27N3O2.HI/c1-3-10-19-16(18)20-13-17(8-11-22-12-9-17)14-4-6-15(21-2)7-5-14;/h4-7H,3,8-13H2,1-2H3,(H3,18,19,20);1H. The zero-order valence-electron chi connectivity index (χ0n) is 14.0. The van der Waals surface area contributed by atoms with Crippen LogP contribution in [-0.4, -0.2) is 39.4 Å². The third-order valence-corrected chi connectivity index (χ3v) is 4.26. The molecule has 2 rings (SSSR count). The molecule has 1 fully saturated rings. The van der Waals surface area contributed by atoms with Crippen molar-refractivity contribution in [2.24, 2.45) is 10.7 Å². The van der Waals surface area contributed by atoms with E-state index in [1.807, 2.05) is 12.1 Å². The van der Waals surface area contributed by atoms with Gasteiger partial charge in [0.05, 0.1) is 13.7 Å². The lowest BCUT2D eigenvalue weighted by Gasteiger charge is -2.36. The van der Waals surface area contributed by atoms with Crippen molar-refractivity contribution in [3.8, 4) is 5.75 Å². The molecule has 1 aliphatic rings. The molecule has 130 valence electrons. The van der Waals surface area contributed by atoms with Crippen molar-refractivity contribution in [2.75, 3.05) is 33.4 Å². The molecule has 1 aliphatic heterocycles. The first kappa shape index (κ1) is 20.0. The summed E-state index contributed by atoms with van der Waals surface area (Å²) in [5.41, 5.74) is 7.23. The molecule has 0 spiro atoms. The lowest BCUT2D eigenvalue weighted by atomic mass is 9.74. The number of methoxy groups -OCH3 is 1. The second kappa shape index (κ2) is 9.97. The minimum atomic E-state index is 0. The Kier molecular flexibility index (Phi) is 8.68. The smallest absolute Gasteiger partial charge is 0.188 e. The van der Waals surface area contributed by atoms with Crippen LogP contribution < -0.4 is 15.8 Å². The Labute approximate surface area is 156 Å². The molecule has 0 saturated carbocycles. The van der Waals surface area contributed by atoms with Gasteiger partial charge in [-0.1, -0.05) is 19.1 Å². The second-order valence-electron chi connectivity index (χ2n) is 5.75. The van der Waals surface area contributed by atoms with Gasteiger partial charge in [0.2, 0.25) is 0 Å². The minimum absolute atomic E-state index is 0. The highest BCUT2D eigenvalue weighted by atomic mass is 127. The van der Waals surface area contributed by atoms with E-state index in [0.717, 1.165) is 44.8 Å². The molecule has 0 amide bonds. The molecular formula is C17H28IN3O2. The number of rotatable bonds is 6. The molecule has 1 aromatic carbocycles. The summed E-state index contributed by atoms with van der Waals surface area (Å²) in [6.45, 7) is 5.19. The lowest BCUT2D eigenvalue weighted by Crippen LogP contribution is -2.39. The largest absolute Gasteiger partial charge is 0.497 e. The molecule has 5 nitrogen and oxygen atoms in total. The average molecular weight is 433 g/mol. The number of guanidine groups is 1. The van der Waals surface area contributed by atoms with E-state index in [0.29, 0.717) is 12.5 Å². The van der Waals surface area contributed by atoms with E-state index >= 15 is 0 Å². The fourth-order valence-electron chi connectivity index (χ4n) is 2.79. The fraction of sp³-hybridized carbons (Fsp3) is 0.588. The number of nitrogens with zero attached hydrogens (tertiary/aromatic N) is 1. The number of hydrogen-bond acceptors (Lipinski definition) is 3. The predicted molar refractivity (Wildman–Crippen MR) is 105 cm³/mol. The van der Waals surface area contributed by atoms with Crippen LogP contribution in [0.1, 0.15) is 31.7 Å². The minimum Gasteiger partial charge on any atom is -0.497 e. The predicted octanol–water partition coefficient (Wildman–Crippen LogP) is 2.68. The molecule has 0 unspecified atom stereocenters. The molecule has 0 atom stereocenters. The van der Waals surface area contributed by atoms with Gasteiger partial charge in [-0.25, -0.2) is 0 Å². The van der Waals surface area contributed by atoms with Gasteiger partial charge in [0.25, 0.3) is 0 Å². The monoisotopic (exact) mass is 433 g/mol. The molecule has 1 aromatic rings. The van der Waals surface area contributed by atoms with E-state index in [1.165, 1.54) is 5.56 Å². The molecule has 0 radical (unpaired) electrons. The summed E-state index contributed by atoms with van der Waals surface area (Å²) in [5, 5.41) is 3.14. The third kappa shape index (κ3) is 5.53. The van der Waals surface area contributed by atoms with Crippen LogP contribution in [0.15, 0.2) is 29.3 Å². The van der Waals surface area contributed by atoms with Crippen LogP contribution in [0.4, 0.5) is 0 Å². The number of nitrogens with two attached hydrogens (primary N) is 1. The van der Waals surface area contributed by atoms with Gasteiger partial charge in [-0.05, 0) is 37.0 Å². The van der Waals surface area contributed by atoms with E-state index in [9.17, 15) is 0 Å². The normalized spacial score (nSPS) is 17.2. The van der Waals surface area contributed by atoms with Crippen LogP contribution >= 0.6 is 24.0 Å². The summed E-state index contributed by atoms with van der Waals surface area (Å²) in [6, 6.07) is 8.29. The van der Waals surface area contributed by atoms with Crippen molar-refractivity contribution >= 4 is 29.9 Å². The molecular weight excluding hydrogens is 405 g/mol. The Morgan fingerprint density at radius 2 is 1.96 bits per heavy atom. The number of ether oxygens (including phenoxy) is 2. The first-order chi connectivity index (χ1) is 10.7. The van der Waals surface area contributed by atoms with Gasteiger partial charge < -0.3 is 20.5 Å². The Morgan fingerprint density at radius 3 is 2.52 bits per heavy atom. The van der Waals surface area contributed by atoms with E-state index in [-0.39, 0.29) is 29.4 Å². The van der Waals surface area contributed by atoms with E-state index in [1.54, 1.807) is 7.11 Å². The van der Waals surface area contributed by atoms with Crippen molar-refractivity contribution in [3.63, 3.8) is 0 Å². The Hall–Kier alpha value is -1.02. The molecule has 0 bridgehead atoms. The number of aliphatic imine (C=N–C) groups is 1. The van der Waals surface area contributed by atoms with Crippen molar-refractivity contribution in [3.05, 3.63) is 29.8 Å². The maximum absolute atomic E-state index is 5.95. The van der Waals surface area contributed by atoms with Gasteiger partial charge >= 0.3 is 0 Å². The van der Waals surface area contributed by atoms with Crippen LogP contribution in [0.2, 0.25) is 0 Å². The molecule has 0 aliphatic carbocycles. The topological polar surface area (TPSA) is 68.9 Å². The Morgan fingerprint density at radius 1 is 1.30 bits per heavy atom. The molecule has 1 saturated heterocycles. The van der Waals surface area contributed by atoms with Crippen molar-refractivity contribution in [1.82, 2.24) is 5.32 Å². The van der Waals surface area contributed by atoms with Gasteiger partial charge in [0, 0.05) is 25.2 Å². The maximum atomic E-state index is 5.95. The molecule has 6 heteroatoms. The first-order valence-electron chi connectivity index (χ1n) is 7.96. The third-order valence-electron chi connectivity index (χ3n) is 4.26. The number of benzene rings is 1. The van der Waals surface area contributed by atoms with Crippen LogP contribution in [0.25, 0.3) is 0 Å². The number of nitrogens with one attached hydrogen (secondary N) is 1. The van der Waals surface area contributed by atoms with Crippen LogP contribution in [0.5, 0.6) is 5.75 Å². The van der Waals surface area contributed by atoms with Gasteiger partial charge in [-0.3, -0.25) is 4.99 Å². The van der Waals surface area contributed by atoms with E-state index in [4.69, 9.17) is 15.2 Å². The maximum Gasteiger partial charge on any atom is 0.188 e. The summed E-state index contributed by atoms with van der Waals surface area (Å²) >= 11 is 0. The van der Waals surface area contributed by atoms with Gasteiger partial charge in [-0.15, -0.1) is 24.0 Å². The Balaban J connectivity index is 0.00000264. The van der Waals surface area contributed by atoms with E-state index < -0.39 is 0 Å². The average Bonchev–Trinajstić information content (AvgIpc) is 2.59. The summed E-state index contributed by atoms with van der Waals surface area (Å²) in [5.74, 6) is 1.40. The summed E-state index contributed by atoms with van der Waals surface area (Å²) in [7, 11) is 1.68. The molecule has 3 N–H and O–H groups in total. The lowest BCUT2D eigenvalue weighted by molar-refractivity contribution is 0.0531. The molecule has 0 aromatic heterocycles. The van der Waals surface area contributed by atoms with Crippen LogP contribution in [-0.2, 0) is 10.2 Å². The van der Waals surface area contributed by atoms with Crippen molar-refractivity contribution in [2.45, 2.75) is 31.6 Å². The summed E-state index contributed by atoms with van der Waals surface area (Å²) < 4.78 is 10.8. The SMILES string of the molecule is CCCNC(N)=NCC1(c2ccc(OC)cc2)CCOCC1.I. The van der Waals surface area contributed by atoms with E-state index in [2.05, 4.69) is 29.4 Å². The first-order valence-corrected chi connectivity index (χ1v) is 7.96. The second-order valence-corrected chi connectivity index (χ2v) is 5.75. The zero-order chi connectivity index (χ0) is 15.8. The van der Waals surface area contributed by atoms with Crippen LogP contribution in [0.3, 0.4) is 0 Å². The van der Waals surface area contributed by atoms with Gasteiger partial charge in [0.15, 0.2) is 5.96 Å². The van der Waals surface area contributed by atoms with Gasteiger partial charge in [0.1, 0.15) is 5.75 Å². The summed E-state index contributed by atoms with van der Waals surface area (Å²) in [4.78, 5) is 4.57. The Bertz CT molecular complexity index is 485. The van der Waals surface area contributed by atoms with Crippen molar-refractivity contribution < 1.29 is 9.47 Å². The highest BCUT2D eigenvalue weighted by molar-refractivity contribution is 14.0. The van der Waals surface area contributed by atoms with Gasteiger partial charge in [-0.2, -0.15) is 0 Å².